The Balaban J connectivity index is 2.01. The van der Waals surface area contributed by atoms with Gasteiger partial charge in [0.05, 0.1) is 16.7 Å². The van der Waals surface area contributed by atoms with Crippen molar-refractivity contribution in [2.45, 2.75) is 17.4 Å². The molecule has 2 rings (SSSR count). The van der Waals surface area contributed by atoms with Crippen molar-refractivity contribution >= 4 is 15.9 Å². The quantitative estimate of drug-likeness (QED) is 0.818. The Morgan fingerprint density at radius 1 is 1.39 bits per heavy atom. The van der Waals surface area contributed by atoms with Gasteiger partial charge in [0.1, 0.15) is 12.4 Å². The second kappa shape index (κ2) is 4.93. The fraction of sp³-hybridized carbons (Fsp3) is 0.364. The Bertz CT molecular complexity index is 554. The molecule has 0 saturated heterocycles. The third kappa shape index (κ3) is 2.98. The minimum absolute atomic E-state index is 0.0660. The van der Waals surface area contributed by atoms with E-state index < -0.39 is 15.7 Å². The third-order valence-corrected chi connectivity index (χ3v) is 4.39. The molecule has 1 unspecified atom stereocenters. The summed E-state index contributed by atoms with van der Waals surface area (Å²) in [5.41, 5.74) is 5.33. The van der Waals surface area contributed by atoms with Crippen LogP contribution >= 0.6 is 0 Å². The summed E-state index contributed by atoms with van der Waals surface area (Å²) in [6.45, 7) is 0.310. The molecule has 0 saturated carbocycles. The first-order chi connectivity index (χ1) is 8.47. The minimum Gasteiger partial charge on any atom is -0.463 e. The zero-order chi connectivity index (χ0) is 13.2. The molecule has 5 nitrogen and oxygen atoms in total. The maximum atomic E-state index is 12.7. The summed E-state index contributed by atoms with van der Waals surface area (Å²) >= 11 is 0. The molecule has 1 aromatic rings. The van der Waals surface area contributed by atoms with Gasteiger partial charge in [-0.1, -0.05) is 0 Å². The van der Waals surface area contributed by atoms with Gasteiger partial charge in [0.2, 0.25) is 0 Å². The van der Waals surface area contributed by atoms with Gasteiger partial charge in [-0.05, 0) is 30.7 Å². The van der Waals surface area contributed by atoms with Crippen molar-refractivity contribution < 1.29 is 17.5 Å². The molecule has 0 aliphatic carbocycles. The summed E-state index contributed by atoms with van der Waals surface area (Å²) in [6.07, 6.45) is 0.334. The predicted molar refractivity (Wildman–Crippen MR) is 64.4 cm³/mol. The van der Waals surface area contributed by atoms with E-state index in [1.54, 1.807) is 0 Å². The number of rotatable bonds is 4. The van der Waals surface area contributed by atoms with E-state index in [9.17, 15) is 12.8 Å². The Kier molecular flexibility index (Phi) is 3.51. The summed E-state index contributed by atoms with van der Waals surface area (Å²) in [5.74, 6) is -0.529. The smallest absolute Gasteiger partial charge is 0.282 e. The zero-order valence-electron chi connectivity index (χ0n) is 9.54. The van der Waals surface area contributed by atoms with Crippen LogP contribution in [0, 0.1) is 5.82 Å². The highest BCUT2D eigenvalue weighted by atomic mass is 32.2. The first kappa shape index (κ1) is 12.8. The number of sulfone groups is 1. The van der Waals surface area contributed by atoms with E-state index in [4.69, 9.17) is 10.5 Å². The second-order valence-electron chi connectivity index (χ2n) is 3.99. The van der Waals surface area contributed by atoms with Crippen LogP contribution in [-0.2, 0) is 14.6 Å². The highest BCUT2D eigenvalue weighted by Gasteiger charge is 2.21. The van der Waals surface area contributed by atoms with Crippen LogP contribution < -0.4 is 5.73 Å². The summed E-state index contributed by atoms with van der Waals surface area (Å²) in [4.78, 5) is 4.06. The number of amidine groups is 1. The molecule has 0 bridgehead atoms. The second-order valence-corrected chi connectivity index (χ2v) is 6.10. The lowest BCUT2D eigenvalue weighted by Gasteiger charge is -2.06. The first-order valence-corrected chi connectivity index (χ1v) is 7.07. The molecule has 1 heterocycles. The SMILES string of the molecule is NC1=NC(CCS(=O)(=O)c2ccc(F)cc2)CO1. The standard InChI is InChI=1S/C11H13FN2O3S/c12-8-1-3-10(4-2-8)18(15,16)6-5-9-7-17-11(13)14-9/h1-4,9H,5-7H2,(H2,13,14). The van der Waals surface area contributed by atoms with E-state index in [0.717, 1.165) is 12.1 Å². The van der Waals surface area contributed by atoms with Gasteiger partial charge in [-0.3, -0.25) is 0 Å². The van der Waals surface area contributed by atoms with E-state index in [0.29, 0.717) is 13.0 Å². The van der Waals surface area contributed by atoms with E-state index in [-0.39, 0.29) is 22.7 Å². The van der Waals surface area contributed by atoms with Crippen molar-refractivity contribution in [1.29, 1.82) is 0 Å². The van der Waals surface area contributed by atoms with Gasteiger partial charge in [0, 0.05) is 0 Å². The Morgan fingerprint density at radius 2 is 2.06 bits per heavy atom. The Hall–Kier alpha value is -1.63. The number of halogens is 1. The van der Waals surface area contributed by atoms with Crippen LogP contribution in [-0.4, -0.2) is 32.8 Å². The van der Waals surface area contributed by atoms with Crippen molar-refractivity contribution in [3.05, 3.63) is 30.1 Å². The minimum atomic E-state index is -3.41. The van der Waals surface area contributed by atoms with Crippen LogP contribution in [0.2, 0.25) is 0 Å². The third-order valence-electron chi connectivity index (χ3n) is 2.63. The van der Waals surface area contributed by atoms with Crippen molar-refractivity contribution in [3.63, 3.8) is 0 Å². The lowest BCUT2D eigenvalue weighted by molar-refractivity contribution is 0.311. The van der Waals surface area contributed by atoms with Crippen LogP contribution in [0.15, 0.2) is 34.2 Å². The van der Waals surface area contributed by atoms with Gasteiger partial charge >= 0.3 is 0 Å². The first-order valence-electron chi connectivity index (χ1n) is 5.42. The normalized spacial score (nSPS) is 19.4. The van der Waals surface area contributed by atoms with E-state index in [2.05, 4.69) is 4.99 Å². The van der Waals surface area contributed by atoms with E-state index in [1.165, 1.54) is 12.1 Å². The Labute approximate surface area is 104 Å². The molecule has 0 fully saturated rings. The largest absolute Gasteiger partial charge is 0.463 e. The summed E-state index contributed by atoms with van der Waals surface area (Å²) < 4.78 is 41.5. The number of hydrogen-bond acceptors (Lipinski definition) is 5. The number of ether oxygens (including phenoxy) is 1. The van der Waals surface area contributed by atoms with Crippen LogP contribution in [0.4, 0.5) is 4.39 Å². The summed E-state index contributed by atoms with van der Waals surface area (Å²) in [7, 11) is -3.41. The van der Waals surface area contributed by atoms with Crippen molar-refractivity contribution in [3.8, 4) is 0 Å². The van der Waals surface area contributed by atoms with Crippen LogP contribution in [0.3, 0.4) is 0 Å². The highest BCUT2D eigenvalue weighted by molar-refractivity contribution is 7.91. The molecule has 0 radical (unpaired) electrons. The molecular formula is C11H13FN2O3S. The van der Waals surface area contributed by atoms with Crippen molar-refractivity contribution in [1.82, 2.24) is 0 Å². The van der Waals surface area contributed by atoms with Crippen molar-refractivity contribution in [2.24, 2.45) is 10.7 Å². The predicted octanol–water partition coefficient (Wildman–Crippen LogP) is 0.703. The summed E-state index contributed by atoms with van der Waals surface area (Å²) in [6, 6.07) is 4.64. The van der Waals surface area contributed by atoms with Gasteiger partial charge in [-0.2, -0.15) is 0 Å². The van der Waals surface area contributed by atoms with Gasteiger partial charge in [-0.15, -0.1) is 0 Å². The molecular weight excluding hydrogens is 259 g/mol. The molecule has 7 heteroatoms. The molecule has 2 N–H and O–H groups in total. The molecule has 1 aliphatic rings. The topological polar surface area (TPSA) is 81.8 Å². The van der Waals surface area contributed by atoms with Crippen LogP contribution in [0.5, 0.6) is 0 Å². The average molecular weight is 272 g/mol. The molecule has 98 valence electrons. The number of hydrogen-bond donors (Lipinski definition) is 1. The molecule has 1 aromatic carbocycles. The highest BCUT2D eigenvalue weighted by Crippen LogP contribution is 2.15. The molecule has 0 aromatic heterocycles. The fourth-order valence-corrected chi connectivity index (χ4v) is 3.00. The number of aliphatic imine (C=N–C) groups is 1. The maximum absolute atomic E-state index is 12.7. The molecule has 18 heavy (non-hydrogen) atoms. The molecule has 0 amide bonds. The van der Waals surface area contributed by atoms with E-state index in [1.807, 2.05) is 0 Å². The van der Waals surface area contributed by atoms with Crippen LogP contribution in [0.25, 0.3) is 0 Å². The Morgan fingerprint density at radius 3 is 2.61 bits per heavy atom. The summed E-state index contributed by atoms with van der Waals surface area (Å²) in [5, 5.41) is 0. The fourth-order valence-electron chi connectivity index (χ4n) is 1.63. The number of nitrogens with two attached hydrogens (primary N) is 1. The van der Waals surface area contributed by atoms with Gasteiger partial charge in [0.15, 0.2) is 9.84 Å². The monoisotopic (exact) mass is 272 g/mol. The molecule has 1 atom stereocenters. The van der Waals surface area contributed by atoms with Gasteiger partial charge < -0.3 is 10.5 Å². The zero-order valence-corrected chi connectivity index (χ0v) is 10.4. The number of nitrogens with zero attached hydrogens (tertiary/aromatic N) is 1. The lowest BCUT2D eigenvalue weighted by Crippen LogP contribution is -2.15. The van der Waals surface area contributed by atoms with Crippen molar-refractivity contribution in [2.75, 3.05) is 12.4 Å². The van der Waals surface area contributed by atoms with Gasteiger partial charge in [0.25, 0.3) is 6.02 Å². The average Bonchev–Trinajstić information content (AvgIpc) is 2.73. The lowest BCUT2D eigenvalue weighted by atomic mass is 10.3. The van der Waals surface area contributed by atoms with Crippen LogP contribution in [0.1, 0.15) is 6.42 Å². The number of benzene rings is 1. The maximum Gasteiger partial charge on any atom is 0.282 e. The van der Waals surface area contributed by atoms with Gasteiger partial charge in [-0.25, -0.2) is 17.8 Å². The molecule has 1 aliphatic heterocycles. The molecule has 0 spiro atoms. The van der Waals surface area contributed by atoms with E-state index >= 15 is 0 Å².